The zero-order valence-electron chi connectivity index (χ0n) is 28.1. The normalized spacial score (nSPS) is 13.9. The van der Waals surface area contributed by atoms with Gasteiger partial charge in [0.05, 0.1) is 16.7 Å². The predicted octanol–water partition coefficient (Wildman–Crippen LogP) is 12.6. The van der Waals surface area contributed by atoms with Crippen LogP contribution in [0.4, 0.5) is 39.5 Å². The summed E-state index contributed by atoms with van der Waals surface area (Å²) in [7, 11) is 0. The number of thiophene rings is 1. The van der Waals surface area contributed by atoms with E-state index in [1.807, 2.05) is 54.6 Å². The van der Waals surface area contributed by atoms with Crippen LogP contribution in [0.3, 0.4) is 0 Å². The highest BCUT2D eigenvalue weighted by Crippen LogP contribution is 2.49. The molecule has 2 heterocycles. The molecule has 55 heavy (non-hydrogen) atoms. The number of alkyl halides is 9. The standard InChI is InChI=1S/C44H21F9OS/c1-20-10-23(12-25(11-20)42(45,46)47)36-30-15-21-18-33-31(16-22(21)17-32(30)38-28-6-2-4-8-34(28)54-40(36)38)37(41-39(33)29-7-3-5-9-35(29)55-41)24-13-26(43(48,49)50)19-27(14-24)44(51,52)53/h2-19H,1H3. The van der Waals surface area contributed by atoms with Gasteiger partial charge < -0.3 is 4.42 Å². The molecule has 2 aliphatic rings. The second kappa shape index (κ2) is 11.1. The lowest BCUT2D eigenvalue weighted by atomic mass is 9.95. The van der Waals surface area contributed by atoms with Gasteiger partial charge in [-0.3, -0.25) is 0 Å². The summed E-state index contributed by atoms with van der Waals surface area (Å²) in [6.45, 7) is 1.59. The van der Waals surface area contributed by atoms with Crippen molar-refractivity contribution in [3.63, 3.8) is 0 Å². The van der Waals surface area contributed by atoms with Crippen molar-refractivity contribution in [1.82, 2.24) is 0 Å². The van der Waals surface area contributed by atoms with Crippen molar-refractivity contribution >= 4 is 54.3 Å². The topological polar surface area (TPSA) is 13.1 Å². The first-order valence-corrected chi connectivity index (χ1v) is 17.8. The maximum absolute atomic E-state index is 14.1. The molecule has 1 nitrogen and oxygen atoms in total. The molecule has 0 aliphatic heterocycles. The molecule has 0 unspecified atom stereocenters. The number of aryl methyl sites for hydroxylation is 1. The molecule has 6 aromatic carbocycles. The molecule has 0 amide bonds. The van der Waals surface area contributed by atoms with Crippen molar-refractivity contribution in [3.05, 3.63) is 164 Å². The Bertz CT molecular complexity index is 3090. The Morgan fingerprint density at radius 1 is 0.509 bits per heavy atom. The Labute approximate surface area is 308 Å². The van der Waals surface area contributed by atoms with Crippen molar-refractivity contribution in [2.45, 2.75) is 25.5 Å². The summed E-state index contributed by atoms with van der Waals surface area (Å²) in [5.41, 5.74) is 0.827. The van der Waals surface area contributed by atoms with Gasteiger partial charge in [-0.1, -0.05) is 42.5 Å². The smallest absolute Gasteiger partial charge is 0.416 e. The first kappa shape index (κ1) is 33.7. The Balaban J connectivity index is 1.32. The highest BCUT2D eigenvalue weighted by Gasteiger charge is 2.39. The van der Waals surface area contributed by atoms with E-state index in [1.165, 1.54) is 11.3 Å². The number of benzene rings is 6. The number of rotatable bonds is 2. The van der Waals surface area contributed by atoms with E-state index in [4.69, 9.17) is 4.42 Å². The first-order chi connectivity index (χ1) is 26.0. The highest BCUT2D eigenvalue weighted by molar-refractivity contribution is 7.21. The van der Waals surface area contributed by atoms with Crippen molar-refractivity contribution < 1.29 is 43.9 Å². The second-order valence-electron chi connectivity index (χ2n) is 13.9. The second-order valence-corrected chi connectivity index (χ2v) is 14.9. The van der Waals surface area contributed by atoms with Gasteiger partial charge in [0.2, 0.25) is 0 Å². The number of para-hydroxylation sites is 1. The average molecular weight is 769 g/mol. The van der Waals surface area contributed by atoms with Crippen LogP contribution in [0.1, 0.15) is 44.0 Å². The van der Waals surface area contributed by atoms with E-state index in [0.29, 0.717) is 76.4 Å². The Morgan fingerprint density at radius 2 is 1.04 bits per heavy atom. The molecule has 11 heteroatoms. The lowest BCUT2D eigenvalue weighted by molar-refractivity contribution is -0.143. The zero-order valence-corrected chi connectivity index (χ0v) is 28.9. The number of hydrogen-bond donors (Lipinski definition) is 0. The van der Waals surface area contributed by atoms with E-state index in [1.54, 1.807) is 31.2 Å². The van der Waals surface area contributed by atoms with E-state index >= 15 is 0 Å². The fourth-order valence-corrected chi connectivity index (χ4v) is 9.46. The van der Waals surface area contributed by atoms with Crippen LogP contribution < -0.4 is 10.4 Å². The lowest BCUT2D eigenvalue weighted by Gasteiger charge is -2.15. The van der Waals surface area contributed by atoms with Crippen LogP contribution in [-0.2, 0) is 18.5 Å². The SMILES string of the molecule is Cc1cc(C2=c3cc4cc5c(cc4cc3-c3c2oc2ccccc32)=C(c2cc(C(F)(F)F)cc(C(F)(F)F)c2)c2sc3ccccc3c2-5)cc(C(F)(F)F)c1. The third kappa shape index (κ3) is 5.09. The molecule has 0 atom stereocenters. The van der Waals surface area contributed by atoms with Crippen LogP contribution in [-0.4, -0.2) is 0 Å². The molecule has 0 bridgehead atoms. The highest BCUT2D eigenvalue weighted by atomic mass is 32.1. The van der Waals surface area contributed by atoms with Crippen molar-refractivity contribution in [1.29, 1.82) is 0 Å². The van der Waals surface area contributed by atoms with Gasteiger partial charge in [0.1, 0.15) is 11.3 Å². The Morgan fingerprint density at radius 3 is 1.67 bits per heavy atom. The molecule has 0 spiro atoms. The van der Waals surface area contributed by atoms with E-state index in [0.717, 1.165) is 39.7 Å². The van der Waals surface area contributed by atoms with Gasteiger partial charge in [0.25, 0.3) is 0 Å². The van der Waals surface area contributed by atoms with Gasteiger partial charge in [0, 0.05) is 42.6 Å². The zero-order chi connectivity index (χ0) is 38.3. The third-order valence-electron chi connectivity index (χ3n) is 10.4. The van der Waals surface area contributed by atoms with E-state index in [9.17, 15) is 39.5 Å². The summed E-state index contributed by atoms with van der Waals surface area (Å²) < 4.78 is 134. The monoisotopic (exact) mass is 768 g/mol. The molecule has 0 fully saturated rings. The minimum Gasteiger partial charge on any atom is -0.455 e. The number of fused-ring (bicyclic) bond motifs is 11. The maximum atomic E-state index is 14.1. The van der Waals surface area contributed by atoms with Crippen LogP contribution in [0.5, 0.6) is 0 Å². The van der Waals surface area contributed by atoms with Gasteiger partial charge in [0.15, 0.2) is 0 Å². The first-order valence-electron chi connectivity index (χ1n) is 16.9. The van der Waals surface area contributed by atoms with E-state index < -0.39 is 35.2 Å². The van der Waals surface area contributed by atoms with Crippen LogP contribution in [0.15, 0.2) is 114 Å². The molecule has 8 aromatic rings. The largest absolute Gasteiger partial charge is 0.455 e. The van der Waals surface area contributed by atoms with Gasteiger partial charge >= 0.3 is 18.5 Å². The van der Waals surface area contributed by atoms with Crippen molar-refractivity contribution in [3.8, 4) is 22.3 Å². The molecule has 0 saturated carbocycles. The van der Waals surface area contributed by atoms with Gasteiger partial charge in [-0.2, -0.15) is 39.5 Å². The van der Waals surface area contributed by atoms with E-state index in [2.05, 4.69) is 0 Å². The van der Waals surface area contributed by atoms with Crippen molar-refractivity contribution in [2.24, 2.45) is 0 Å². The van der Waals surface area contributed by atoms with Crippen LogP contribution in [0.2, 0.25) is 0 Å². The fraction of sp³-hybridized carbons (Fsp3) is 0.0909. The van der Waals surface area contributed by atoms with E-state index in [-0.39, 0.29) is 17.2 Å². The van der Waals surface area contributed by atoms with Gasteiger partial charge in [-0.05, 0) is 123 Å². The summed E-state index contributed by atoms with van der Waals surface area (Å²) >= 11 is 1.29. The molecule has 0 N–H and O–H groups in total. The van der Waals surface area contributed by atoms with Gasteiger partial charge in [-0.25, -0.2) is 0 Å². The summed E-state index contributed by atoms with van der Waals surface area (Å²) in [6.07, 6.45) is -14.7. The molecule has 2 aliphatic carbocycles. The minimum absolute atomic E-state index is 0.127. The molecule has 0 saturated heterocycles. The van der Waals surface area contributed by atoms with Crippen LogP contribution >= 0.6 is 11.3 Å². The summed E-state index contributed by atoms with van der Waals surface area (Å²) in [5.74, 6) is 0.403. The lowest BCUT2D eigenvalue weighted by Crippen LogP contribution is -2.13. The molecular formula is C44H21F9OS. The molecule has 10 rings (SSSR count). The molecule has 272 valence electrons. The molecular weight excluding hydrogens is 748 g/mol. The maximum Gasteiger partial charge on any atom is 0.416 e. The summed E-state index contributed by atoms with van der Waals surface area (Å²) in [4.78, 5) is 0.543. The number of hydrogen-bond acceptors (Lipinski definition) is 2. The predicted molar refractivity (Wildman–Crippen MR) is 195 cm³/mol. The minimum atomic E-state index is -5.04. The Kier molecular flexibility index (Phi) is 6.83. The number of halogens is 9. The molecule has 0 radical (unpaired) electrons. The Hall–Kier alpha value is -5.81. The fourth-order valence-electron chi connectivity index (χ4n) is 8.16. The molecule has 2 aromatic heterocycles. The third-order valence-corrected chi connectivity index (χ3v) is 11.6. The van der Waals surface area contributed by atoms with Crippen LogP contribution in [0.25, 0.3) is 65.2 Å². The summed E-state index contributed by atoms with van der Waals surface area (Å²) in [6, 6.07) is 27.5. The van der Waals surface area contributed by atoms with Crippen molar-refractivity contribution in [2.75, 3.05) is 0 Å². The number of furan rings is 1. The van der Waals surface area contributed by atoms with Crippen LogP contribution in [0, 0.1) is 6.92 Å². The average Bonchev–Trinajstić information content (AvgIpc) is 3.84. The quantitative estimate of drug-likeness (QED) is 0.160. The van der Waals surface area contributed by atoms with Gasteiger partial charge in [-0.15, -0.1) is 11.3 Å². The summed E-state index contributed by atoms with van der Waals surface area (Å²) in [5, 5.41) is 3.95.